The van der Waals surface area contributed by atoms with Crippen molar-refractivity contribution in [2.75, 3.05) is 29.9 Å². The van der Waals surface area contributed by atoms with E-state index < -0.39 is 0 Å². The van der Waals surface area contributed by atoms with E-state index in [2.05, 4.69) is 20.8 Å². The van der Waals surface area contributed by atoms with Crippen molar-refractivity contribution in [2.24, 2.45) is 0 Å². The number of hydrogen-bond donors (Lipinski definition) is 3. The Labute approximate surface area is 156 Å². The number of carbonyl (C=O) groups is 2. The summed E-state index contributed by atoms with van der Waals surface area (Å²) in [6, 6.07) is 17.1. The zero-order chi connectivity index (χ0) is 18.6. The summed E-state index contributed by atoms with van der Waals surface area (Å²) in [4.78, 5) is 26.2. The minimum Gasteiger partial charge on any atom is -0.360 e. The molecule has 7 heteroatoms. The third kappa shape index (κ3) is 3.67. The minimum absolute atomic E-state index is 0.0204. The van der Waals surface area contributed by atoms with Gasteiger partial charge in [-0.25, -0.2) is 0 Å². The van der Waals surface area contributed by atoms with E-state index in [1.54, 1.807) is 0 Å². The Bertz CT molecular complexity index is 950. The lowest BCUT2D eigenvalue weighted by molar-refractivity contribution is -0.120. The highest BCUT2D eigenvalue weighted by atomic mass is 16.2. The van der Waals surface area contributed by atoms with Crippen molar-refractivity contribution in [3.63, 3.8) is 0 Å². The molecule has 1 aliphatic heterocycles. The van der Waals surface area contributed by atoms with E-state index in [4.69, 9.17) is 0 Å². The first-order valence-electron chi connectivity index (χ1n) is 8.72. The number of piperazine rings is 1. The number of hydrogen-bond acceptors (Lipinski definition) is 4. The Balaban J connectivity index is 1.48. The molecule has 0 unspecified atom stereocenters. The van der Waals surface area contributed by atoms with Crippen molar-refractivity contribution >= 4 is 23.2 Å². The van der Waals surface area contributed by atoms with E-state index >= 15 is 0 Å². The molecule has 2 amide bonds. The van der Waals surface area contributed by atoms with Crippen LogP contribution < -0.4 is 15.5 Å². The molecule has 0 aliphatic carbocycles. The van der Waals surface area contributed by atoms with Crippen LogP contribution in [0.3, 0.4) is 0 Å². The van der Waals surface area contributed by atoms with Gasteiger partial charge in [0.1, 0.15) is 0 Å². The first-order valence-corrected chi connectivity index (χ1v) is 8.72. The number of benzene rings is 2. The maximum atomic E-state index is 12.7. The standard InChI is InChI=1S/C20H19N5O2/c26-18-13-25(11-10-21-18)16-8-6-15(7-9-16)23-20(27)17-12-22-24-19(17)14-4-2-1-3-5-14/h1-9,12H,10-11,13H2,(H,21,26)(H,22,24)(H,23,27). The Kier molecular flexibility index (Phi) is 4.57. The van der Waals surface area contributed by atoms with Gasteiger partial charge in [-0.15, -0.1) is 0 Å². The summed E-state index contributed by atoms with van der Waals surface area (Å²) in [5.74, 6) is -0.209. The van der Waals surface area contributed by atoms with Crippen molar-refractivity contribution in [2.45, 2.75) is 0 Å². The molecule has 3 aromatic rings. The SMILES string of the molecule is O=C1CN(c2ccc(NC(=O)c3cn[nH]c3-c3ccccc3)cc2)CCN1. The van der Waals surface area contributed by atoms with Crippen LogP contribution in [0.25, 0.3) is 11.3 Å². The van der Waals surface area contributed by atoms with E-state index in [1.807, 2.05) is 59.5 Å². The number of aromatic nitrogens is 2. The van der Waals surface area contributed by atoms with E-state index in [-0.39, 0.29) is 11.8 Å². The Hall–Kier alpha value is -3.61. The molecule has 136 valence electrons. The van der Waals surface area contributed by atoms with Gasteiger partial charge in [-0.2, -0.15) is 5.10 Å². The van der Waals surface area contributed by atoms with Gasteiger partial charge < -0.3 is 15.5 Å². The molecule has 0 spiro atoms. The highest BCUT2D eigenvalue weighted by molar-refractivity contribution is 6.08. The number of nitrogens with zero attached hydrogens (tertiary/aromatic N) is 2. The molecular weight excluding hydrogens is 342 g/mol. The van der Waals surface area contributed by atoms with Crippen LogP contribution in [0.4, 0.5) is 11.4 Å². The van der Waals surface area contributed by atoms with E-state index in [0.717, 1.165) is 17.8 Å². The predicted molar refractivity (Wildman–Crippen MR) is 104 cm³/mol. The van der Waals surface area contributed by atoms with Crippen molar-refractivity contribution in [1.29, 1.82) is 0 Å². The highest BCUT2D eigenvalue weighted by Crippen LogP contribution is 2.23. The number of carbonyl (C=O) groups excluding carboxylic acids is 2. The first-order chi connectivity index (χ1) is 13.2. The Morgan fingerprint density at radius 2 is 1.85 bits per heavy atom. The van der Waals surface area contributed by atoms with E-state index in [0.29, 0.717) is 30.0 Å². The van der Waals surface area contributed by atoms with Gasteiger partial charge in [0, 0.05) is 30.0 Å². The number of amides is 2. The average Bonchev–Trinajstić information content (AvgIpc) is 3.19. The summed E-state index contributed by atoms with van der Waals surface area (Å²) in [7, 11) is 0. The Morgan fingerprint density at radius 3 is 2.59 bits per heavy atom. The summed E-state index contributed by atoms with van der Waals surface area (Å²) in [5, 5.41) is 12.6. The molecule has 0 saturated carbocycles. The maximum absolute atomic E-state index is 12.7. The summed E-state index contributed by atoms with van der Waals surface area (Å²) in [6.45, 7) is 1.76. The third-order valence-electron chi connectivity index (χ3n) is 4.48. The molecule has 0 atom stereocenters. The Morgan fingerprint density at radius 1 is 1.07 bits per heavy atom. The lowest BCUT2D eigenvalue weighted by atomic mass is 10.1. The van der Waals surface area contributed by atoms with Crippen LogP contribution in [0.2, 0.25) is 0 Å². The lowest BCUT2D eigenvalue weighted by Crippen LogP contribution is -2.47. The van der Waals surface area contributed by atoms with Crippen molar-refractivity contribution in [3.8, 4) is 11.3 Å². The second-order valence-electron chi connectivity index (χ2n) is 6.30. The number of rotatable bonds is 4. The summed E-state index contributed by atoms with van der Waals surface area (Å²) < 4.78 is 0. The number of H-pyrrole nitrogens is 1. The molecule has 2 heterocycles. The number of aromatic amines is 1. The average molecular weight is 361 g/mol. The monoisotopic (exact) mass is 361 g/mol. The van der Waals surface area contributed by atoms with Gasteiger partial charge in [-0.1, -0.05) is 30.3 Å². The lowest BCUT2D eigenvalue weighted by Gasteiger charge is -2.28. The van der Waals surface area contributed by atoms with E-state index in [1.165, 1.54) is 6.20 Å². The predicted octanol–water partition coefficient (Wildman–Crippen LogP) is 2.27. The first kappa shape index (κ1) is 16.8. The highest BCUT2D eigenvalue weighted by Gasteiger charge is 2.17. The zero-order valence-corrected chi connectivity index (χ0v) is 14.6. The molecule has 3 N–H and O–H groups in total. The van der Waals surface area contributed by atoms with Gasteiger partial charge in [0.05, 0.1) is 24.0 Å². The van der Waals surface area contributed by atoms with Crippen LogP contribution in [0, 0.1) is 0 Å². The largest absolute Gasteiger partial charge is 0.360 e. The number of nitrogens with one attached hydrogen (secondary N) is 3. The molecule has 1 fully saturated rings. The van der Waals surface area contributed by atoms with Crippen LogP contribution in [0.15, 0.2) is 60.8 Å². The molecule has 1 saturated heterocycles. The second-order valence-corrected chi connectivity index (χ2v) is 6.30. The van der Waals surface area contributed by atoms with Gasteiger partial charge >= 0.3 is 0 Å². The summed E-state index contributed by atoms with van der Waals surface area (Å²) in [6.07, 6.45) is 1.53. The fourth-order valence-corrected chi connectivity index (χ4v) is 3.10. The summed E-state index contributed by atoms with van der Waals surface area (Å²) >= 11 is 0. The van der Waals surface area contributed by atoms with E-state index in [9.17, 15) is 9.59 Å². The summed E-state index contributed by atoms with van der Waals surface area (Å²) in [5.41, 5.74) is 3.71. The van der Waals surface area contributed by atoms with Crippen LogP contribution in [-0.4, -0.2) is 41.6 Å². The van der Waals surface area contributed by atoms with Crippen molar-refractivity contribution in [1.82, 2.24) is 15.5 Å². The molecule has 27 heavy (non-hydrogen) atoms. The van der Waals surface area contributed by atoms with Crippen molar-refractivity contribution < 1.29 is 9.59 Å². The molecular formula is C20H19N5O2. The fraction of sp³-hybridized carbons (Fsp3) is 0.150. The number of anilines is 2. The van der Waals surface area contributed by atoms with Crippen LogP contribution in [-0.2, 0) is 4.79 Å². The molecule has 2 aromatic carbocycles. The molecule has 4 rings (SSSR count). The quantitative estimate of drug-likeness (QED) is 0.665. The molecule has 7 nitrogen and oxygen atoms in total. The van der Waals surface area contributed by atoms with Crippen LogP contribution in [0.5, 0.6) is 0 Å². The molecule has 1 aromatic heterocycles. The minimum atomic E-state index is -0.229. The van der Waals surface area contributed by atoms with Gasteiger partial charge in [-0.05, 0) is 24.3 Å². The smallest absolute Gasteiger partial charge is 0.259 e. The molecule has 0 radical (unpaired) electrons. The molecule has 0 bridgehead atoms. The maximum Gasteiger partial charge on any atom is 0.259 e. The zero-order valence-electron chi connectivity index (χ0n) is 14.6. The normalized spacial score (nSPS) is 13.9. The van der Waals surface area contributed by atoms with Gasteiger partial charge in [0.25, 0.3) is 5.91 Å². The second kappa shape index (κ2) is 7.33. The third-order valence-corrected chi connectivity index (χ3v) is 4.48. The van der Waals surface area contributed by atoms with Crippen LogP contribution >= 0.6 is 0 Å². The topological polar surface area (TPSA) is 90.1 Å². The van der Waals surface area contributed by atoms with Gasteiger partial charge in [-0.3, -0.25) is 14.7 Å². The van der Waals surface area contributed by atoms with Crippen molar-refractivity contribution in [3.05, 3.63) is 66.4 Å². The van der Waals surface area contributed by atoms with Gasteiger partial charge in [0.2, 0.25) is 5.91 Å². The van der Waals surface area contributed by atoms with Gasteiger partial charge in [0.15, 0.2) is 0 Å². The van der Waals surface area contributed by atoms with Crippen LogP contribution in [0.1, 0.15) is 10.4 Å². The fourth-order valence-electron chi connectivity index (χ4n) is 3.10. The molecule has 1 aliphatic rings.